The smallest absolute Gasteiger partial charge is 0.0331 e. The van der Waals surface area contributed by atoms with E-state index in [2.05, 4.69) is 32.7 Å². The first kappa shape index (κ1) is 17.3. The van der Waals surface area contributed by atoms with Gasteiger partial charge in [0, 0.05) is 18.1 Å². The van der Waals surface area contributed by atoms with Crippen molar-refractivity contribution in [1.29, 1.82) is 0 Å². The van der Waals surface area contributed by atoms with Crippen LogP contribution in [0.3, 0.4) is 0 Å². The summed E-state index contributed by atoms with van der Waals surface area (Å²) in [6.07, 6.45) is 13.8. The molecule has 0 aromatic rings. The molecule has 2 aliphatic carbocycles. The van der Waals surface area contributed by atoms with E-state index >= 15 is 0 Å². The molecule has 2 heteroatoms. The molecule has 0 saturated heterocycles. The molecular formula is C19H38N2. The van der Waals surface area contributed by atoms with Crippen molar-refractivity contribution in [3.05, 3.63) is 0 Å². The van der Waals surface area contributed by atoms with E-state index in [-0.39, 0.29) is 5.54 Å². The number of nitrogens with zero attached hydrogens (tertiary/aromatic N) is 1. The average Bonchev–Trinajstić information content (AvgIpc) is 2.74. The SMILES string of the molecule is CN(C1CCCCCC1)C1(CN)CCC(C(C)(C)C)CC1. The summed E-state index contributed by atoms with van der Waals surface area (Å²) in [5.41, 5.74) is 7.05. The summed E-state index contributed by atoms with van der Waals surface area (Å²) >= 11 is 0. The Hall–Kier alpha value is -0.0800. The van der Waals surface area contributed by atoms with Gasteiger partial charge in [0.15, 0.2) is 0 Å². The van der Waals surface area contributed by atoms with Crippen molar-refractivity contribution in [3.63, 3.8) is 0 Å². The molecule has 0 amide bonds. The molecule has 0 atom stereocenters. The maximum atomic E-state index is 6.30. The molecule has 0 radical (unpaired) electrons. The highest BCUT2D eigenvalue weighted by Crippen LogP contribution is 2.44. The Morgan fingerprint density at radius 3 is 1.90 bits per heavy atom. The average molecular weight is 295 g/mol. The molecule has 0 heterocycles. The Kier molecular flexibility index (Phi) is 5.76. The number of hydrogen-bond donors (Lipinski definition) is 1. The summed E-state index contributed by atoms with van der Waals surface area (Å²) in [6.45, 7) is 8.06. The molecule has 2 aliphatic rings. The van der Waals surface area contributed by atoms with Gasteiger partial charge in [0.05, 0.1) is 0 Å². The fourth-order valence-electron chi connectivity index (χ4n) is 4.75. The van der Waals surface area contributed by atoms with Gasteiger partial charge in [-0.25, -0.2) is 0 Å². The van der Waals surface area contributed by atoms with Gasteiger partial charge < -0.3 is 5.73 Å². The first-order chi connectivity index (χ1) is 9.89. The van der Waals surface area contributed by atoms with Crippen molar-refractivity contribution in [1.82, 2.24) is 4.90 Å². The maximum absolute atomic E-state index is 6.30. The Morgan fingerprint density at radius 1 is 0.952 bits per heavy atom. The van der Waals surface area contributed by atoms with Crippen LogP contribution in [0.5, 0.6) is 0 Å². The molecule has 0 bridgehead atoms. The van der Waals surface area contributed by atoms with E-state index in [4.69, 9.17) is 5.73 Å². The lowest BCUT2D eigenvalue weighted by Crippen LogP contribution is -2.58. The van der Waals surface area contributed by atoms with Crippen LogP contribution in [0.4, 0.5) is 0 Å². The van der Waals surface area contributed by atoms with Crippen molar-refractivity contribution < 1.29 is 0 Å². The first-order valence-corrected chi connectivity index (χ1v) is 9.32. The number of rotatable bonds is 3. The molecule has 2 nitrogen and oxygen atoms in total. The molecule has 0 unspecified atom stereocenters. The second kappa shape index (κ2) is 7.00. The Labute approximate surface area is 132 Å². The van der Waals surface area contributed by atoms with Gasteiger partial charge in [0.25, 0.3) is 0 Å². The summed E-state index contributed by atoms with van der Waals surface area (Å²) < 4.78 is 0. The van der Waals surface area contributed by atoms with Crippen molar-refractivity contribution in [2.45, 2.75) is 96.6 Å². The van der Waals surface area contributed by atoms with Crippen molar-refractivity contribution in [2.24, 2.45) is 17.1 Å². The van der Waals surface area contributed by atoms with Gasteiger partial charge in [-0.3, -0.25) is 4.90 Å². The standard InChI is InChI=1S/C19H38N2/c1-18(2,3)16-11-13-19(15-20,14-12-16)21(4)17-9-7-5-6-8-10-17/h16-17H,5-15,20H2,1-4H3. The third-order valence-corrected chi connectivity index (χ3v) is 6.64. The van der Waals surface area contributed by atoms with Crippen LogP contribution in [-0.4, -0.2) is 30.1 Å². The summed E-state index contributed by atoms with van der Waals surface area (Å²) in [6, 6.07) is 0.780. The summed E-state index contributed by atoms with van der Waals surface area (Å²) in [5, 5.41) is 0. The number of likely N-dealkylation sites (N-methyl/N-ethyl adjacent to an activating group) is 1. The largest absolute Gasteiger partial charge is 0.329 e. The molecule has 21 heavy (non-hydrogen) atoms. The second-order valence-electron chi connectivity index (χ2n) is 8.83. The summed E-state index contributed by atoms with van der Waals surface area (Å²) in [4.78, 5) is 2.72. The molecule has 2 fully saturated rings. The Morgan fingerprint density at radius 2 is 1.48 bits per heavy atom. The minimum absolute atomic E-state index is 0.288. The number of hydrogen-bond acceptors (Lipinski definition) is 2. The van der Waals surface area contributed by atoms with E-state index in [1.165, 1.54) is 64.2 Å². The fraction of sp³-hybridized carbons (Fsp3) is 1.00. The van der Waals surface area contributed by atoms with Gasteiger partial charge in [0.2, 0.25) is 0 Å². The Balaban J connectivity index is 2.01. The summed E-state index contributed by atoms with van der Waals surface area (Å²) in [5.74, 6) is 0.875. The highest BCUT2D eigenvalue weighted by atomic mass is 15.2. The lowest BCUT2D eigenvalue weighted by atomic mass is 9.66. The zero-order valence-electron chi connectivity index (χ0n) is 15.0. The highest BCUT2D eigenvalue weighted by Gasteiger charge is 2.42. The second-order valence-corrected chi connectivity index (χ2v) is 8.83. The van der Waals surface area contributed by atoms with Crippen LogP contribution in [0.15, 0.2) is 0 Å². The normalized spacial score (nSPS) is 33.1. The lowest BCUT2D eigenvalue weighted by Gasteiger charge is -2.51. The van der Waals surface area contributed by atoms with E-state index in [9.17, 15) is 0 Å². The van der Waals surface area contributed by atoms with Crippen molar-refractivity contribution in [3.8, 4) is 0 Å². The first-order valence-electron chi connectivity index (χ1n) is 9.32. The molecule has 0 aromatic carbocycles. The predicted molar refractivity (Wildman–Crippen MR) is 92.5 cm³/mol. The van der Waals surface area contributed by atoms with Crippen molar-refractivity contribution in [2.75, 3.05) is 13.6 Å². The molecule has 2 rings (SSSR count). The third-order valence-electron chi connectivity index (χ3n) is 6.64. The van der Waals surface area contributed by atoms with Gasteiger partial charge in [-0.1, -0.05) is 46.5 Å². The lowest BCUT2D eigenvalue weighted by molar-refractivity contribution is 0.00737. The van der Waals surface area contributed by atoms with E-state index < -0.39 is 0 Å². The van der Waals surface area contributed by atoms with Gasteiger partial charge in [-0.05, 0) is 56.9 Å². The zero-order valence-corrected chi connectivity index (χ0v) is 15.0. The summed E-state index contributed by atoms with van der Waals surface area (Å²) in [7, 11) is 2.38. The van der Waals surface area contributed by atoms with Crippen LogP contribution < -0.4 is 5.73 Å². The quantitative estimate of drug-likeness (QED) is 0.772. The molecule has 0 aliphatic heterocycles. The minimum atomic E-state index is 0.288. The molecule has 124 valence electrons. The van der Waals surface area contributed by atoms with Crippen LogP contribution in [-0.2, 0) is 0 Å². The molecule has 2 saturated carbocycles. The zero-order chi connectivity index (χ0) is 15.5. The minimum Gasteiger partial charge on any atom is -0.329 e. The Bertz CT molecular complexity index is 302. The molecule has 2 N–H and O–H groups in total. The van der Waals surface area contributed by atoms with Gasteiger partial charge in [0.1, 0.15) is 0 Å². The molecule has 0 spiro atoms. The van der Waals surface area contributed by atoms with Gasteiger partial charge in [-0.15, -0.1) is 0 Å². The topological polar surface area (TPSA) is 29.3 Å². The van der Waals surface area contributed by atoms with Crippen molar-refractivity contribution >= 4 is 0 Å². The fourth-order valence-corrected chi connectivity index (χ4v) is 4.75. The van der Waals surface area contributed by atoms with E-state index in [1.807, 2.05) is 0 Å². The third kappa shape index (κ3) is 4.01. The molecule has 0 aromatic heterocycles. The van der Waals surface area contributed by atoms with Crippen LogP contribution in [0.25, 0.3) is 0 Å². The van der Waals surface area contributed by atoms with E-state index in [1.54, 1.807) is 0 Å². The monoisotopic (exact) mass is 294 g/mol. The van der Waals surface area contributed by atoms with Crippen LogP contribution in [0.2, 0.25) is 0 Å². The van der Waals surface area contributed by atoms with Gasteiger partial charge in [-0.2, -0.15) is 0 Å². The molecular weight excluding hydrogens is 256 g/mol. The van der Waals surface area contributed by atoms with E-state index in [0.717, 1.165) is 18.5 Å². The van der Waals surface area contributed by atoms with Crippen LogP contribution in [0, 0.1) is 11.3 Å². The van der Waals surface area contributed by atoms with E-state index in [0.29, 0.717) is 5.41 Å². The van der Waals surface area contributed by atoms with Gasteiger partial charge >= 0.3 is 0 Å². The van der Waals surface area contributed by atoms with Crippen LogP contribution >= 0.6 is 0 Å². The predicted octanol–water partition coefficient (Wildman–Crippen LogP) is 4.57. The maximum Gasteiger partial charge on any atom is 0.0331 e. The highest BCUT2D eigenvalue weighted by molar-refractivity contribution is 4.98. The number of nitrogens with two attached hydrogens (primary N) is 1. The van der Waals surface area contributed by atoms with Crippen LogP contribution in [0.1, 0.15) is 85.0 Å².